The van der Waals surface area contributed by atoms with Crippen LogP contribution in [0.25, 0.3) is 0 Å². The van der Waals surface area contributed by atoms with E-state index in [1.807, 2.05) is 0 Å². The van der Waals surface area contributed by atoms with E-state index in [4.69, 9.17) is 17.3 Å². The first kappa shape index (κ1) is 10.6. The first-order valence-electron chi connectivity index (χ1n) is 3.90. The number of carbonyl (C=O) groups is 2. The second kappa shape index (κ2) is 4.18. The molecule has 6 N–H and O–H groups in total. The van der Waals surface area contributed by atoms with Crippen LogP contribution in [0.2, 0.25) is 0 Å². The van der Waals surface area contributed by atoms with Gasteiger partial charge >= 0.3 is 0 Å². The third kappa shape index (κ3) is 2.50. The van der Waals surface area contributed by atoms with Gasteiger partial charge in [-0.3, -0.25) is 9.59 Å². The van der Waals surface area contributed by atoms with Crippen molar-refractivity contribution in [1.29, 1.82) is 0 Å². The van der Waals surface area contributed by atoms with Gasteiger partial charge in [0.05, 0.1) is 0 Å². The van der Waals surface area contributed by atoms with Crippen molar-refractivity contribution < 1.29 is 9.59 Å². The molecular weight excluding hydrogens is 198 g/mol. The van der Waals surface area contributed by atoms with Crippen LogP contribution in [0.15, 0.2) is 28.5 Å². The Kier molecular flexibility index (Phi) is 2.97. The Balaban J connectivity index is 3.20. The first-order chi connectivity index (χ1) is 7.04. The van der Waals surface area contributed by atoms with Crippen molar-refractivity contribution in [1.82, 2.24) is 0 Å². The van der Waals surface area contributed by atoms with Crippen molar-refractivity contribution in [2.24, 2.45) is 21.9 Å². The number of hydrogen-bond donors (Lipinski definition) is 3. The van der Waals surface area contributed by atoms with Gasteiger partial charge in [-0.1, -0.05) is 10.3 Å². The molecule has 1 aromatic rings. The highest BCUT2D eigenvalue weighted by Crippen LogP contribution is 2.12. The lowest BCUT2D eigenvalue weighted by Gasteiger charge is -2.01. The van der Waals surface area contributed by atoms with Crippen LogP contribution < -0.4 is 17.3 Å². The fourth-order valence-corrected chi connectivity index (χ4v) is 1.03. The van der Waals surface area contributed by atoms with Gasteiger partial charge in [0, 0.05) is 16.8 Å². The Morgan fingerprint density at radius 1 is 1.13 bits per heavy atom. The summed E-state index contributed by atoms with van der Waals surface area (Å²) in [5, 5.41) is 5.93. The summed E-state index contributed by atoms with van der Waals surface area (Å²) >= 11 is 0. The second-order valence-electron chi connectivity index (χ2n) is 2.73. The number of benzene rings is 1. The molecule has 0 heterocycles. The molecule has 0 aromatic heterocycles. The normalized spacial score (nSPS) is 10.4. The molecule has 0 spiro atoms. The van der Waals surface area contributed by atoms with E-state index in [1.165, 1.54) is 18.2 Å². The summed E-state index contributed by atoms with van der Waals surface area (Å²) in [5.41, 5.74) is 11.0. The smallest absolute Gasteiger partial charge is 0.297 e. The standard InChI is InChI=1S/C8H9N5O2/c9-6-2-4(7(10)14)1-5(3-6)8(15)12-13-11/h1-3H,9H2,(H2,10,14)(H2,11,12,15). The molecule has 7 nitrogen and oxygen atoms in total. The highest BCUT2D eigenvalue weighted by molar-refractivity contribution is 6.00. The zero-order valence-electron chi connectivity index (χ0n) is 7.68. The molecule has 1 aromatic carbocycles. The summed E-state index contributed by atoms with van der Waals surface area (Å²) in [4.78, 5) is 22.1. The van der Waals surface area contributed by atoms with E-state index < -0.39 is 11.8 Å². The minimum Gasteiger partial charge on any atom is -0.399 e. The van der Waals surface area contributed by atoms with Crippen LogP contribution in [0.1, 0.15) is 20.7 Å². The Labute approximate surface area is 84.9 Å². The Morgan fingerprint density at radius 3 is 2.27 bits per heavy atom. The van der Waals surface area contributed by atoms with E-state index >= 15 is 0 Å². The van der Waals surface area contributed by atoms with Crippen LogP contribution in [0, 0.1) is 0 Å². The molecule has 0 aliphatic carbocycles. The first-order valence-corrected chi connectivity index (χ1v) is 3.90. The number of primary amides is 1. The van der Waals surface area contributed by atoms with Gasteiger partial charge in [0.15, 0.2) is 0 Å². The minimum atomic E-state index is -0.688. The van der Waals surface area contributed by atoms with Crippen LogP contribution >= 0.6 is 0 Å². The maximum atomic E-state index is 11.2. The fourth-order valence-electron chi connectivity index (χ4n) is 1.03. The summed E-state index contributed by atoms with van der Waals surface area (Å²) in [7, 11) is 0. The van der Waals surface area contributed by atoms with Crippen LogP contribution in [-0.4, -0.2) is 11.8 Å². The van der Waals surface area contributed by atoms with Crippen LogP contribution in [-0.2, 0) is 0 Å². The SMILES string of the molecule is NN=NC(=O)c1cc(N)cc(C(N)=O)c1. The Morgan fingerprint density at radius 2 is 1.73 bits per heavy atom. The average molecular weight is 207 g/mol. The molecular formula is C8H9N5O2. The predicted octanol–water partition coefficient (Wildman–Crippen LogP) is -0.166. The lowest BCUT2D eigenvalue weighted by Crippen LogP contribution is -2.12. The molecule has 0 fully saturated rings. The van der Waals surface area contributed by atoms with Gasteiger partial charge in [-0.25, -0.2) is 0 Å². The third-order valence-corrected chi connectivity index (χ3v) is 1.64. The number of amides is 2. The lowest BCUT2D eigenvalue weighted by atomic mass is 10.1. The number of hydrogen-bond acceptors (Lipinski definition) is 4. The van der Waals surface area contributed by atoms with Crippen molar-refractivity contribution in [2.75, 3.05) is 5.73 Å². The molecule has 15 heavy (non-hydrogen) atoms. The van der Waals surface area contributed by atoms with Gasteiger partial charge in [0.25, 0.3) is 5.91 Å². The Hall–Kier alpha value is -2.44. The number of nitrogens with two attached hydrogens (primary N) is 3. The summed E-state index contributed by atoms with van der Waals surface area (Å²) in [5.74, 6) is 3.35. The minimum absolute atomic E-state index is 0.109. The van der Waals surface area contributed by atoms with Gasteiger partial charge in [0.2, 0.25) is 5.91 Å². The maximum absolute atomic E-state index is 11.2. The molecule has 0 saturated heterocycles. The van der Waals surface area contributed by atoms with Crippen molar-refractivity contribution in [3.8, 4) is 0 Å². The quantitative estimate of drug-likeness (QED) is 0.268. The molecule has 0 saturated carbocycles. The summed E-state index contributed by atoms with van der Waals surface area (Å²) in [6.45, 7) is 0. The van der Waals surface area contributed by atoms with Gasteiger partial charge < -0.3 is 17.3 Å². The molecule has 0 radical (unpaired) electrons. The molecule has 1 rings (SSSR count). The molecule has 0 unspecified atom stereocenters. The predicted molar refractivity (Wildman–Crippen MR) is 52.7 cm³/mol. The van der Waals surface area contributed by atoms with E-state index in [-0.39, 0.29) is 16.8 Å². The van der Waals surface area contributed by atoms with Gasteiger partial charge in [-0.2, -0.15) is 0 Å². The van der Waals surface area contributed by atoms with Crippen molar-refractivity contribution >= 4 is 17.5 Å². The van der Waals surface area contributed by atoms with Crippen molar-refractivity contribution in [3.63, 3.8) is 0 Å². The molecule has 0 aliphatic rings. The van der Waals surface area contributed by atoms with Crippen LogP contribution in [0.5, 0.6) is 0 Å². The van der Waals surface area contributed by atoms with E-state index in [0.717, 1.165) is 0 Å². The number of nitrogen functional groups attached to an aromatic ring is 1. The van der Waals surface area contributed by atoms with Crippen LogP contribution in [0.4, 0.5) is 5.69 Å². The average Bonchev–Trinajstić information content (AvgIpc) is 2.17. The van der Waals surface area contributed by atoms with Gasteiger partial charge in [0.1, 0.15) is 0 Å². The van der Waals surface area contributed by atoms with Crippen molar-refractivity contribution in [2.45, 2.75) is 0 Å². The number of nitrogens with zero attached hydrogens (tertiary/aromatic N) is 2. The van der Waals surface area contributed by atoms with E-state index in [2.05, 4.69) is 10.3 Å². The second-order valence-corrected chi connectivity index (χ2v) is 2.73. The maximum Gasteiger partial charge on any atom is 0.297 e. The zero-order chi connectivity index (χ0) is 11.4. The van der Waals surface area contributed by atoms with Crippen LogP contribution in [0.3, 0.4) is 0 Å². The topological polar surface area (TPSA) is 137 Å². The zero-order valence-corrected chi connectivity index (χ0v) is 7.68. The largest absolute Gasteiger partial charge is 0.399 e. The lowest BCUT2D eigenvalue weighted by molar-refractivity contribution is 0.0993. The molecule has 7 heteroatoms. The van der Waals surface area contributed by atoms with Gasteiger partial charge in [-0.05, 0) is 18.2 Å². The third-order valence-electron chi connectivity index (χ3n) is 1.64. The highest BCUT2D eigenvalue weighted by atomic mass is 16.2. The van der Waals surface area contributed by atoms with E-state index in [1.54, 1.807) is 0 Å². The van der Waals surface area contributed by atoms with E-state index in [0.29, 0.717) is 0 Å². The number of carbonyl (C=O) groups excluding carboxylic acids is 2. The fraction of sp³-hybridized carbons (Fsp3) is 0. The molecule has 0 atom stereocenters. The number of rotatable bonds is 2. The summed E-state index contributed by atoms with van der Waals surface area (Å²) in [6, 6.07) is 3.98. The molecule has 2 amide bonds. The summed E-state index contributed by atoms with van der Waals surface area (Å²) in [6.07, 6.45) is 0. The molecule has 0 bridgehead atoms. The summed E-state index contributed by atoms with van der Waals surface area (Å²) < 4.78 is 0. The van der Waals surface area contributed by atoms with E-state index in [9.17, 15) is 9.59 Å². The highest BCUT2D eigenvalue weighted by Gasteiger charge is 2.09. The van der Waals surface area contributed by atoms with Gasteiger partial charge in [-0.15, -0.1) is 0 Å². The monoisotopic (exact) mass is 207 g/mol. The molecule has 0 aliphatic heterocycles. The number of anilines is 1. The molecule has 78 valence electrons. The van der Waals surface area contributed by atoms with Crippen molar-refractivity contribution in [3.05, 3.63) is 29.3 Å². The Bertz CT molecular complexity index is 441.